The SMILES string of the molecule is CC1(C)c2ccccc2-c2c1cc1ccc3c4c(cc5ccc2c1c53)C(C)(C)c1cc2cc3ccccc3cc2cc1-4. The minimum absolute atomic E-state index is 0.00812. The lowest BCUT2D eigenvalue weighted by molar-refractivity contribution is 0.661. The lowest BCUT2D eigenvalue weighted by atomic mass is 9.79. The number of hydrogen-bond acceptors (Lipinski definition) is 0. The van der Waals surface area contributed by atoms with Gasteiger partial charge in [0.15, 0.2) is 0 Å². The van der Waals surface area contributed by atoms with Crippen molar-refractivity contribution in [3.63, 3.8) is 0 Å². The molecule has 10 rings (SSSR count). The highest BCUT2D eigenvalue weighted by Gasteiger charge is 2.39. The molecular formula is C42H30. The third-order valence-electron chi connectivity index (χ3n) is 10.9. The van der Waals surface area contributed by atoms with E-state index in [1.54, 1.807) is 0 Å². The standard InChI is InChI=1S/C42H30/c1-41(2)33-12-8-7-11-29(33)39-30-15-13-26-21-36-40(31-16-14-25(20-35(39)41)37(30)38(26)31)32-19-27-17-23-9-5-6-10-24(23)18-28(27)22-34(32)42(36,3)4/h5-22H,1-4H3. The van der Waals surface area contributed by atoms with E-state index in [0.29, 0.717) is 0 Å². The smallest absolute Gasteiger partial charge is 0.0159 e. The van der Waals surface area contributed by atoms with Crippen LogP contribution in [0, 0.1) is 0 Å². The zero-order valence-corrected chi connectivity index (χ0v) is 24.4. The highest BCUT2D eigenvalue weighted by atomic mass is 14.4. The van der Waals surface area contributed by atoms with Gasteiger partial charge in [-0.1, -0.05) is 100 Å². The fourth-order valence-corrected chi connectivity index (χ4v) is 8.77. The van der Waals surface area contributed by atoms with Crippen molar-refractivity contribution >= 4 is 53.9 Å². The average molecular weight is 535 g/mol. The summed E-state index contributed by atoms with van der Waals surface area (Å²) in [6.07, 6.45) is 0. The molecule has 198 valence electrons. The van der Waals surface area contributed by atoms with Crippen LogP contribution in [0.2, 0.25) is 0 Å². The van der Waals surface area contributed by atoms with Crippen LogP contribution in [0.4, 0.5) is 0 Å². The van der Waals surface area contributed by atoms with Crippen LogP contribution < -0.4 is 0 Å². The van der Waals surface area contributed by atoms with Gasteiger partial charge in [0, 0.05) is 10.8 Å². The number of benzene rings is 8. The third-order valence-corrected chi connectivity index (χ3v) is 10.9. The Hall–Kier alpha value is -4.68. The van der Waals surface area contributed by atoms with Crippen molar-refractivity contribution in [3.8, 4) is 22.3 Å². The van der Waals surface area contributed by atoms with Gasteiger partial charge in [0.25, 0.3) is 0 Å². The molecule has 0 amide bonds. The quantitative estimate of drug-likeness (QED) is 0.134. The van der Waals surface area contributed by atoms with E-state index < -0.39 is 0 Å². The molecule has 0 aromatic heterocycles. The molecule has 0 unspecified atom stereocenters. The maximum Gasteiger partial charge on any atom is 0.0159 e. The van der Waals surface area contributed by atoms with Gasteiger partial charge in [0.1, 0.15) is 0 Å². The predicted molar refractivity (Wildman–Crippen MR) is 180 cm³/mol. The minimum Gasteiger partial charge on any atom is -0.0619 e. The molecule has 2 aliphatic carbocycles. The lowest BCUT2D eigenvalue weighted by Crippen LogP contribution is -2.15. The van der Waals surface area contributed by atoms with Gasteiger partial charge < -0.3 is 0 Å². The Kier molecular flexibility index (Phi) is 3.93. The van der Waals surface area contributed by atoms with Crippen molar-refractivity contribution in [3.05, 3.63) is 131 Å². The van der Waals surface area contributed by atoms with Crippen LogP contribution >= 0.6 is 0 Å². The van der Waals surface area contributed by atoms with E-state index >= 15 is 0 Å². The van der Waals surface area contributed by atoms with Crippen LogP contribution in [0.1, 0.15) is 49.9 Å². The van der Waals surface area contributed by atoms with E-state index in [1.807, 2.05) is 0 Å². The Balaban J connectivity index is 1.34. The van der Waals surface area contributed by atoms with E-state index in [-0.39, 0.29) is 10.8 Å². The molecule has 0 aliphatic heterocycles. The zero-order chi connectivity index (χ0) is 28.1. The van der Waals surface area contributed by atoms with E-state index in [1.165, 1.54) is 98.4 Å². The number of fused-ring (bicyclic) bond motifs is 10. The fourth-order valence-electron chi connectivity index (χ4n) is 8.77. The molecule has 2 aliphatic rings. The normalized spacial score (nSPS) is 16.0. The number of rotatable bonds is 0. The molecule has 0 heterocycles. The molecule has 0 N–H and O–H groups in total. The van der Waals surface area contributed by atoms with Crippen molar-refractivity contribution < 1.29 is 0 Å². The summed E-state index contributed by atoms with van der Waals surface area (Å²) in [6.45, 7) is 9.59. The largest absolute Gasteiger partial charge is 0.0619 e. The minimum atomic E-state index is -0.0703. The van der Waals surface area contributed by atoms with Crippen LogP contribution in [-0.4, -0.2) is 0 Å². The monoisotopic (exact) mass is 534 g/mol. The molecule has 0 saturated heterocycles. The van der Waals surface area contributed by atoms with Gasteiger partial charge in [0.2, 0.25) is 0 Å². The second-order valence-corrected chi connectivity index (χ2v) is 13.8. The van der Waals surface area contributed by atoms with Gasteiger partial charge in [-0.2, -0.15) is 0 Å². The molecule has 8 aromatic carbocycles. The Labute approximate surface area is 245 Å². The molecule has 8 aromatic rings. The maximum absolute atomic E-state index is 2.50. The van der Waals surface area contributed by atoms with E-state index in [4.69, 9.17) is 0 Å². The van der Waals surface area contributed by atoms with Crippen molar-refractivity contribution in [2.75, 3.05) is 0 Å². The van der Waals surface area contributed by atoms with E-state index in [0.717, 1.165) is 0 Å². The second-order valence-electron chi connectivity index (χ2n) is 13.8. The molecule has 0 atom stereocenters. The summed E-state index contributed by atoms with van der Waals surface area (Å²) in [5.41, 5.74) is 11.3. The molecule has 0 spiro atoms. The highest BCUT2D eigenvalue weighted by molar-refractivity contribution is 6.29. The number of hydrogen-bond donors (Lipinski definition) is 0. The van der Waals surface area contributed by atoms with Crippen LogP contribution in [0.5, 0.6) is 0 Å². The summed E-state index contributed by atoms with van der Waals surface area (Å²) >= 11 is 0. The summed E-state index contributed by atoms with van der Waals surface area (Å²) < 4.78 is 0. The van der Waals surface area contributed by atoms with Crippen molar-refractivity contribution in [2.24, 2.45) is 0 Å². The first kappa shape index (κ1) is 22.9. The Morgan fingerprint density at radius 1 is 0.357 bits per heavy atom. The van der Waals surface area contributed by atoms with Crippen LogP contribution in [-0.2, 0) is 10.8 Å². The summed E-state index contributed by atoms with van der Waals surface area (Å²) in [5, 5.41) is 13.6. The predicted octanol–water partition coefficient (Wildman–Crippen LogP) is 11.5. The van der Waals surface area contributed by atoms with Crippen LogP contribution in [0.15, 0.2) is 109 Å². The van der Waals surface area contributed by atoms with Gasteiger partial charge in [-0.15, -0.1) is 0 Å². The second kappa shape index (κ2) is 7.20. The van der Waals surface area contributed by atoms with Gasteiger partial charge in [-0.3, -0.25) is 0 Å². The molecule has 0 nitrogen and oxygen atoms in total. The molecule has 42 heavy (non-hydrogen) atoms. The molecule has 0 saturated carbocycles. The van der Waals surface area contributed by atoms with Gasteiger partial charge >= 0.3 is 0 Å². The van der Waals surface area contributed by atoms with Gasteiger partial charge in [0.05, 0.1) is 0 Å². The summed E-state index contributed by atoms with van der Waals surface area (Å²) in [5.74, 6) is 0. The first-order chi connectivity index (χ1) is 20.3. The Morgan fingerprint density at radius 3 is 1.50 bits per heavy atom. The fraction of sp³-hybridized carbons (Fsp3) is 0.143. The molecule has 0 radical (unpaired) electrons. The first-order valence-corrected chi connectivity index (χ1v) is 15.2. The van der Waals surface area contributed by atoms with Crippen molar-refractivity contribution in [1.82, 2.24) is 0 Å². The average Bonchev–Trinajstić information content (AvgIpc) is 3.36. The van der Waals surface area contributed by atoms with Crippen LogP contribution in [0.3, 0.4) is 0 Å². The Bertz CT molecular complexity index is 2500. The molecular weight excluding hydrogens is 504 g/mol. The lowest BCUT2D eigenvalue weighted by Gasteiger charge is -2.24. The third kappa shape index (κ3) is 2.57. The Morgan fingerprint density at radius 2 is 0.857 bits per heavy atom. The molecule has 0 fully saturated rings. The maximum atomic E-state index is 2.50. The van der Waals surface area contributed by atoms with Crippen molar-refractivity contribution in [1.29, 1.82) is 0 Å². The van der Waals surface area contributed by atoms with E-state index in [9.17, 15) is 0 Å². The van der Waals surface area contributed by atoms with E-state index in [2.05, 4.69) is 137 Å². The zero-order valence-electron chi connectivity index (χ0n) is 24.4. The summed E-state index contributed by atoms with van der Waals surface area (Å²) in [6, 6.07) is 42.0. The van der Waals surface area contributed by atoms with Crippen molar-refractivity contribution in [2.45, 2.75) is 38.5 Å². The van der Waals surface area contributed by atoms with Gasteiger partial charge in [-0.25, -0.2) is 0 Å². The topological polar surface area (TPSA) is 0 Å². The van der Waals surface area contributed by atoms with Crippen LogP contribution in [0.25, 0.3) is 76.1 Å². The summed E-state index contributed by atoms with van der Waals surface area (Å²) in [7, 11) is 0. The summed E-state index contributed by atoms with van der Waals surface area (Å²) in [4.78, 5) is 0. The van der Waals surface area contributed by atoms with Gasteiger partial charge in [-0.05, 0) is 135 Å². The highest BCUT2D eigenvalue weighted by Crippen LogP contribution is 2.57. The molecule has 0 bridgehead atoms. The molecule has 0 heteroatoms. The first-order valence-electron chi connectivity index (χ1n) is 15.2.